The van der Waals surface area contributed by atoms with E-state index in [1.54, 1.807) is 4.68 Å². The van der Waals surface area contributed by atoms with Crippen LogP contribution in [0.3, 0.4) is 0 Å². The molecule has 2 aromatic heterocycles. The molecule has 2 heterocycles. The van der Waals surface area contributed by atoms with E-state index in [9.17, 15) is 4.79 Å². The molecule has 1 aliphatic rings. The molecule has 1 fully saturated rings. The molecule has 0 unspecified atom stereocenters. The number of likely N-dealkylation sites (N-methyl/N-ethyl adjacent to an activating group) is 1. The minimum atomic E-state index is 0.200. The van der Waals surface area contributed by atoms with Gasteiger partial charge in [-0.2, -0.15) is 5.10 Å². The molecule has 0 aliphatic heterocycles. The molecular weight excluding hydrogens is 326 g/mol. The highest BCUT2D eigenvalue weighted by molar-refractivity contribution is 5.79. The van der Waals surface area contributed by atoms with Gasteiger partial charge in [0.1, 0.15) is 0 Å². The van der Waals surface area contributed by atoms with Crippen molar-refractivity contribution >= 4 is 5.91 Å². The Hall–Kier alpha value is -2.24. The average molecular weight is 355 g/mol. The first-order valence-electron chi connectivity index (χ1n) is 9.58. The van der Waals surface area contributed by atoms with E-state index in [0.717, 1.165) is 47.7 Å². The molecule has 0 spiro atoms. The van der Waals surface area contributed by atoms with Gasteiger partial charge >= 0.3 is 0 Å². The van der Waals surface area contributed by atoms with Crippen LogP contribution < -0.4 is 0 Å². The van der Waals surface area contributed by atoms with Crippen LogP contribution in [0.25, 0.3) is 5.95 Å². The largest absolute Gasteiger partial charge is 0.340 e. The van der Waals surface area contributed by atoms with E-state index in [1.807, 2.05) is 33.8 Å². The minimum Gasteiger partial charge on any atom is -0.340 e. The van der Waals surface area contributed by atoms with Gasteiger partial charge in [-0.05, 0) is 53.5 Å². The zero-order chi connectivity index (χ0) is 18.8. The highest BCUT2D eigenvalue weighted by Crippen LogP contribution is 2.25. The van der Waals surface area contributed by atoms with Crippen LogP contribution in [0.4, 0.5) is 0 Å². The van der Waals surface area contributed by atoms with Crippen molar-refractivity contribution in [3.05, 3.63) is 34.4 Å². The van der Waals surface area contributed by atoms with Gasteiger partial charge in [-0.25, -0.2) is 14.6 Å². The first-order valence-corrected chi connectivity index (χ1v) is 9.58. The van der Waals surface area contributed by atoms with Gasteiger partial charge in [0.15, 0.2) is 0 Å². The van der Waals surface area contributed by atoms with Gasteiger partial charge in [0.05, 0.1) is 12.1 Å². The van der Waals surface area contributed by atoms with Crippen LogP contribution in [0.2, 0.25) is 0 Å². The van der Waals surface area contributed by atoms with Crippen LogP contribution >= 0.6 is 0 Å². The second-order valence-electron chi connectivity index (χ2n) is 7.31. The van der Waals surface area contributed by atoms with Gasteiger partial charge in [-0.15, -0.1) is 0 Å². The van der Waals surface area contributed by atoms with Gasteiger partial charge in [0.25, 0.3) is 5.95 Å². The maximum Gasteiger partial charge on any atom is 0.251 e. The Balaban J connectivity index is 1.87. The predicted molar refractivity (Wildman–Crippen MR) is 101 cm³/mol. The lowest BCUT2D eigenvalue weighted by Crippen LogP contribution is -2.39. The molecule has 3 rings (SSSR count). The van der Waals surface area contributed by atoms with Crippen molar-refractivity contribution in [1.29, 1.82) is 0 Å². The van der Waals surface area contributed by atoms with Gasteiger partial charge in [-0.3, -0.25) is 4.79 Å². The summed E-state index contributed by atoms with van der Waals surface area (Å²) < 4.78 is 1.77. The summed E-state index contributed by atoms with van der Waals surface area (Å²) >= 11 is 0. The number of aryl methyl sites for hydroxylation is 3. The molecule has 0 aromatic carbocycles. The number of hydrogen-bond donors (Lipinski definition) is 0. The van der Waals surface area contributed by atoms with Crippen LogP contribution in [0.5, 0.6) is 0 Å². The molecule has 0 radical (unpaired) electrons. The Bertz CT molecular complexity index is 785. The standard InChI is InChI=1S/C20H29N5O/c1-6-24(17-9-7-8-10-17)19(26)12-18-15(4)23-25(16(18)5)20-21-13(2)11-14(3)22-20/h11,17H,6-10,12H2,1-5H3. The SMILES string of the molecule is CCN(C(=O)Cc1c(C)nn(-c2nc(C)cc(C)n2)c1C)C1CCCC1. The fourth-order valence-corrected chi connectivity index (χ4v) is 4.03. The topological polar surface area (TPSA) is 63.9 Å². The summed E-state index contributed by atoms with van der Waals surface area (Å²) in [6.45, 7) is 10.7. The molecule has 0 atom stereocenters. The third-order valence-corrected chi connectivity index (χ3v) is 5.36. The first kappa shape index (κ1) is 18.5. The molecular formula is C20H29N5O. The highest BCUT2D eigenvalue weighted by atomic mass is 16.2. The van der Waals surface area contributed by atoms with Crippen LogP contribution in [0, 0.1) is 27.7 Å². The fraction of sp³-hybridized carbons (Fsp3) is 0.600. The lowest BCUT2D eigenvalue weighted by Gasteiger charge is -2.27. The van der Waals surface area contributed by atoms with E-state index in [4.69, 9.17) is 0 Å². The molecule has 1 aliphatic carbocycles. The monoisotopic (exact) mass is 355 g/mol. The van der Waals surface area contributed by atoms with Crippen molar-refractivity contribution in [2.24, 2.45) is 0 Å². The Morgan fingerprint density at radius 2 is 1.77 bits per heavy atom. The Kier molecular flexibility index (Phi) is 5.39. The van der Waals surface area contributed by atoms with Gasteiger partial charge in [-0.1, -0.05) is 12.8 Å². The lowest BCUT2D eigenvalue weighted by atomic mass is 10.1. The molecule has 0 saturated heterocycles. The Morgan fingerprint density at radius 1 is 1.15 bits per heavy atom. The zero-order valence-corrected chi connectivity index (χ0v) is 16.5. The van der Waals surface area contributed by atoms with E-state index in [1.165, 1.54) is 12.8 Å². The highest BCUT2D eigenvalue weighted by Gasteiger charge is 2.27. The van der Waals surface area contributed by atoms with E-state index in [2.05, 4.69) is 26.9 Å². The molecule has 1 amide bonds. The number of amides is 1. The van der Waals surface area contributed by atoms with Crippen molar-refractivity contribution in [1.82, 2.24) is 24.6 Å². The number of nitrogens with zero attached hydrogens (tertiary/aromatic N) is 5. The number of aromatic nitrogens is 4. The number of rotatable bonds is 5. The van der Waals surface area contributed by atoms with Crippen molar-refractivity contribution in [2.45, 2.75) is 72.8 Å². The smallest absolute Gasteiger partial charge is 0.251 e. The Morgan fingerprint density at radius 3 is 2.35 bits per heavy atom. The number of carbonyl (C=O) groups is 1. The number of hydrogen-bond acceptors (Lipinski definition) is 4. The van der Waals surface area contributed by atoms with Crippen LogP contribution in [-0.2, 0) is 11.2 Å². The van der Waals surface area contributed by atoms with Gasteiger partial charge < -0.3 is 4.90 Å². The first-order chi connectivity index (χ1) is 12.4. The summed E-state index contributed by atoms with van der Waals surface area (Å²) in [5, 5.41) is 4.62. The normalized spacial score (nSPS) is 14.8. The van der Waals surface area contributed by atoms with Crippen molar-refractivity contribution < 1.29 is 4.79 Å². The molecule has 0 N–H and O–H groups in total. The summed E-state index contributed by atoms with van der Waals surface area (Å²) in [5.41, 5.74) is 4.64. The van der Waals surface area contributed by atoms with E-state index >= 15 is 0 Å². The van der Waals surface area contributed by atoms with Crippen molar-refractivity contribution in [2.75, 3.05) is 6.54 Å². The molecule has 1 saturated carbocycles. The number of carbonyl (C=O) groups excluding carboxylic acids is 1. The van der Waals surface area contributed by atoms with E-state index in [0.29, 0.717) is 18.4 Å². The molecule has 0 bridgehead atoms. The quantitative estimate of drug-likeness (QED) is 0.826. The molecule has 140 valence electrons. The van der Waals surface area contributed by atoms with Crippen molar-refractivity contribution in [3.8, 4) is 5.95 Å². The van der Waals surface area contributed by atoms with Gasteiger partial charge in [0, 0.05) is 35.2 Å². The molecule has 2 aromatic rings. The summed E-state index contributed by atoms with van der Waals surface area (Å²) in [6, 6.07) is 2.35. The summed E-state index contributed by atoms with van der Waals surface area (Å²) in [5.74, 6) is 0.774. The third kappa shape index (κ3) is 3.64. The minimum absolute atomic E-state index is 0.200. The Labute approximate surface area is 155 Å². The lowest BCUT2D eigenvalue weighted by molar-refractivity contribution is -0.132. The summed E-state index contributed by atoms with van der Waals surface area (Å²) in [4.78, 5) is 24.0. The zero-order valence-electron chi connectivity index (χ0n) is 16.5. The van der Waals surface area contributed by atoms with Gasteiger partial charge in [0.2, 0.25) is 5.91 Å². The van der Waals surface area contributed by atoms with Crippen LogP contribution in [-0.4, -0.2) is 43.1 Å². The maximum atomic E-state index is 12.9. The maximum absolute atomic E-state index is 12.9. The van der Waals surface area contributed by atoms with Crippen LogP contribution in [0.15, 0.2) is 6.07 Å². The fourth-order valence-electron chi connectivity index (χ4n) is 4.03. The predicted octanol–water partition coefficient (Wildman–Crippen LogP) is 3.23. The molecule has 26 heavy (non-hydrogen) atoms. The third-order valence-electron chi connectivity index (χ3n) is 5.36. The second-order valence-corrected chi connectivity index (χ2v) is 7.31. The molecule has 6 nitrogen and oxygen atoms in total. The molecule has 6 heteroatoms. The summed E-state index contributed by atoms with van der Waals surface area (Å²) in [7, 11) is 0. The van der Waals surface area contributed by atoms with Crippen LogP contribution in [0.1, 0.15) is 60.9 Å². The van der Waals surface area contributed by atoms with E-state index in [-0.39, 0.29) is 5.91 Å². The summed E-state index contributed by atoms with van der Waals surface area (Å²) in [6.07, 6.45) is 5.12. The van der Waals surface area contributed by atoms with Crippen molar-refractivity contribution in [3.63, 3.8) is 0 Å². The van der Waals surface area contributed by atoms with E-state index < -0.39 is 0 Å². The average Bonchev–Trinajstić information content (AvgIpc) is 3.19. The second kappa shape index (κ2) is 7.56.